The molecule has 13 heteroatoms. The van der Waals surface area contributed by atoms with Crippen molar-refractivity contribution >= 4 is 78.7 Å². The van der Waals surface area contributed by atoms with Crippen LogP contribution in [0.4, 0.5) is 0 Å². The molecule has 1 heterocycles. The number of hydrogen-bond donors (Lipinski definition) is 0. The van der Waals surface area contributed by atoms with Gasteiger partial charge in [0.15, 0.2) is 0 Å². The Labute approximate surface area is 222 Å². The molecule has 6 nitrogen and oxygen atoms in total. The van der Waals surface area contributed by atoms with Crippen molar-refractivity contribution in [3.05, 3.63) is 62.8 Å². The lowest BCUT2D eigenvalue weighted by Gasteiger charge is -2.07. The highest BCUT2D eigenvalue weighted by Gasteiger charge is 2.17. The van der Waals surface area contributed by atoms with Gasteiger partial charge in [0, 0.05) is 11.5 Å². The second-order valence-corrected chi connectivity index (χ2v) is 16.1. The third-order valence-electron chi connectivity index (χ3n) is 4.25. The van der Waals surface area contributed by atoms with E-state index in [0.717, 1.165) is 22.7 Å². The van der Waals surface area contributed by atoms with E-state index in [9.17, 15) is 16.8 Å². The Morgan fingerprint density at radius 1 is 0.706 bits per heavy atom. The average molecular weight is 595 g/mol. The smallest absolute Gasteiger partial charge is 0.265 e. The van der Waals surface area contributed by atoms with E-state index in [1.54, 1.807) is 24.3 Å². The third kappa shape index (κ3) is 8.14. The maximum absolute atomic E-state index is 12.3. The van der Waals surface area contributed by atoms with Crippen LogP contribution in [0.1, 0.15) is 11.1 Å². The highest BCUT2D eigenvalue weighted by atomic mass is 32.2. The molecule has 34 heavy (non-hydrogen) atoms. The van der Waals surface area contributed by atoms with Crippen LogP contribution < -0.4 is 0 Å². The highest BCUT2D eigenvalue weighted by Crippen LogP contribution is 2.40. The maximum Gasteiger partial charge on any atom is 0.296 e. The monoisotopic (exact) mass is 594 g/mol. The largest absolute Gasteiger partial charge is 0.296 e. The summed E-state index contributed by atoms with van der Waals surface area (Å²) in [7, 11) is -7.60. The quantitative estimate of drug-likeness (QED) is 0.106. The first-order chi connectivity index (χ1) is 16.1. The van der Waals surface area contributed by atoms with E-state index in [1.165, 1.54) is 70.5 Å². The predicted molar refractivity (Wildman–Crippen MR) is 143 cm³/mol. The molecule has 0 bridgehead atoms. The zero-order chi connectivity index (χ0) is 24.8. The molecule has 0 spiro atoms. The van der Waals surface area contributed by atoms with Crippen molar-refractivity contribution in [2.24, 2.45) is 0 Å². The summed E-state index contributed by atoms with van der Waals surface area (Å²) in [6.07, 6.45) is 0. The van der Waals surface area contributed by atoms with E-state index in [1.807, 2.05) is 13.8 Å². The molecule has 0 radical (unpaired) electrons. The van der Waals surface area contributed by atoms with Crippen molar-refractivity contribution in [2.75, 3.05) is 24.7 Å². The van der Waals surface area contributed by atoms with Crippen LogP contribution in [-0.4, -0.2) is 41.6 Å². The van der Waals surface area contributed by atoms with Crippen LogP contribution in [0.3, 0.4) is 0 Å². The van der Waals surface area contributed by atoms with Gasteiger partial charge >= 0.3 is 0 Å². The first-order valence-corrected chi connectivity index (χ1v) is 16.7. The predicted octanol–water partition coefficient (Wildman–Crippen LogP) is 6.15. The van der Waals surface area contributed by atoms with Crippen LogP contribution in [0.25, 0.3) is 0 Å². The normalized spacial score (nSPS) is 12.2. The lowest BCUT2D eigenvalue weighted by Crippen LogP contribution is -2.09. The van der Waals surface area contributed by atoms with E-state index >= 15 is 0 Å². The molecule has 0 atom stereocenters. The van der Waals surface area contributed by atoms with E-state index < -0.39 is 20.2 Å². The van der Waals surface area contributed by atoms with Gasteiger partial charge in [-0.05, 0) is 38.1 Å². The molecule has 3 aromatic rings. The number of aryl methyl sites for hydroxylation is 2. The Bertz CT molecular complexity index is 1250. The molecule has 0 N–H and O–H groups in total. The van der Waals surface area contributed by atoms with Crippen molar-refractivity contribution in [2.45, 2.75) is 32.1 Å². The first-order valence-electron chi connectivity index (χ1n) is 9.88. The van der Waals surface area contributed by atoms with Gasteiger partial charge in [0.25, 0.3) is 20.2 Å². The van der Waals surface area contributed by atoms with Gasteiger partial charge in [-0.25, -0.2) is 0 Å². The molecule has 3 rings (SSSR count). The SMILES string of the molecule is Cc1ccc(S(=O)(=O)OCCSc2sc(=S)sc2SCCOS(=O)(=O)c2ccc(C)cc2)cc1. The summed E-state index contributed by atoms with van der Waals surface area (Å²) >= 11 is 11.1. The zero-order valence-electron chi connectivity index (χ0n) is 18.3. The Hall–Kier alpha value is -0.770. The summed E-state index contributed by atoms with van der Waals surface area (Å²) in [6, 6.07) is 13.0. The van der Waals surface area contributed by atoms with Crippen molar-refractivity contribution in [1.29, 1.82) is 0 Å². The second-order valence-electron chi connectivity index (χ2n) is 6.90. The molecule has 1 aromatic heterocycles. The summed E-state index contributed by atoms with van der Waals surface area (Å²) < 4.78 is 62.1. The van der Waals surface area contributed by atoms with Gasteiger partial charge in [0.2, 0.25) is 0 Å². The average Bonchev–Trinajstić information content (AvgIpc) is 3.14. The van der Waals surface area contributed by atoms with Gasteiger partial charge in [0.05, 0.1) is 31.4 Å². The zero-order valence-corrected chi connectivity index (χ0v) is 24.0. The van der Waals surface area contributed by atoms with Crippen LogP contribution in [-0.2, 0) is 28.6 Å². The topological polar surface area (TPSA) is 86.7 Å². The van der Waals surface area contributed by atoms with E-state index in [4.69, 9.17) is 20.6 Å². The fourth-order valence-electron chi connectivity index (χ4n) is 2.53. The van der Waals surface area contributed by atoms with Gasteiger partial charge in [-0.15, -0.1) is 46.2 Å². The third-order valence-corrected chi connectivity index (χ3v) is 12.4. The standard InChI is InChI=1S/C21H22O6S7/c1-15-3-7-17(8-4-15)33(22,23)26-11-13-29-19-20(32-21(28)31-19)30-14-12-27-34(24,25)18-9-5-16(2)6-10-18/h3-10H,11-14H2,1-2H3. The Kier molecular flexibility index (Phi) is 10.2. The minimum absolute atomic E-state index is 0.0260. The van der Waals surface area contributed by atoms with E-state index in [-0.39, 0.29) is 23.0 Å². The molecule has 0 amide bonds. The molecule has 0 aliphatic rings. The minimum atomic E-state index is -3.80. The van der Waals surface area contributed by atoms with Crippen LogP contribution in [0.5, 0.6) is 0 Å². The molecule has 184 valence electrons. The number of thioether (sulfide) groups is 2. The number of benzene rings is 2. The summed E-state index contributed by atoms with van der Waals surface area (Å²) in [6.45, 7) is 3.82. The van der Waals surface area contributed by atoms with Gasteiger partial charge in [-0.3, -0.25) is 8.37 Å². The molecule has 0 aliphatic heterocycles. The summed E-state index contributed by atoms with van der Waals surface area (Å²) in [5.74, 6) is 0.859. The van der Waals surface area contributed by atoms with Crippen LogP contribution in [0.15, 0.2) is 66.7 Å². The number of hydrogen-bond acceptors (Lipinski definition) is 11. The highest BCUT2D eigenvalue weighted by molar-refractivity contribution is 8.05. The Morgan fingerprint density at radius 2 is 1.06 bits per heavy atom. The lowest BCUT2D eigenvalue weighted by atomic mass is 10.2. The summed E-state index contributed by atoms with van der Waals surface area (Å²) in [5, 5.41) is 0. The fraction of sp³-hybridized carbons (Fsp3) is 0.286. The van der Waals surface area contributed by atoms with Crippen LogP contribution in [0, 0.1) is 17.0 Å². The Balaban J connectivity index is 1.47. The molecule has 2 aromatic carbocycles. The molecule has 0 unspecified atom stereocenters. The molecule has 0 aliphatic carbocycles. The van der Waals surface area contributed by atoms with Gasteiger partial charge in [-0.2, -0.15) is 16.8 Å². The lowest BCUT2D eigenvalue weighted by molar-refractivity contribution is 0.340. The Morgan fingerprint density at radius 3 is 1.41 bits per heavy atom. The second kappa shape index (κ2) is 12.5. The molecule has 0 saturated carbocycles. The van der Waals surface area contributed by atoms with E-state index in [2.05, 4.69) is 0 Å². The van der Waals surface area contributed by atoms with E-state index in [0.29, 0.717) is 11.5 Å². The molecule has 0 fully saturated rings. The molecular weight excluding hydrogens is 573 g/mol. The number of rotatable bonds is 12. The van der Waals surface area contributed by atoms with Crippen LogP contribution in [0.2, 0.25) is 0 Å². The van der Waals surface area contributed by atoms with Crippen LogP contribution >= 0.6 is 58.4 Å². The van der Waals surface area contributed by atoms with Gasteiger partial charge in [0.1, 0.15) is 3.14 Å². The van der Waals surface area contributed by atoms with Crippen molar-refractivity contribution in [3.63, 3.8) is 0 Å². The first kappa shape index (κ1) is 27.8. The van der Waals surface area contributed by atoms with Crippen molar-refractivity contribution in [1.82, 2.24) is 0 Å². The summed E-state index contributed by atoms with van der Waals surface area (Å²) in [4.78, 5) is 0.261. The van der Waals surface area contributed by atoms with Crippen molar-refractivity contribution in [3.8, 4) is 0 Å². The maximum atomic E-state index is 12.3. The van der Waals surface area contributed by atoms with Gasteiger partial charge < -0.3 is 0 Å². The minimum Gasteiger partial charge on any atom is -0.265 e. The molecular formula is C21H22O6S7. The van der Waals surface area contributed by atoms with Crippen molar-refractivity contribution < 1.29 is 25.2 Å². The summed E-state index contributed by atoms with van der Waals surface area (Å²) in [5.41, 5.74) is 1.94. The molecule has 0 saturated heterocycles. The van der Waals surface area contributed by atoms with Gasteiger partial charge in [-0.1, -0.05) is 47.6 Å². The fourth-order valence-corrected chi connectivity index (χ4v) is 10.4.